The van der Waals surface area contributed by atoms with Crippen LogP contribution < -0.4 is 8.37 Å². The molecule has 2 aromatic carbocycles. The Bertz CT molecular complexity index is 1030. The molecule has 0 aliphatic carbocycles. The second-order valence-corrected chi connectivity index (χ2v) is 9.53. The van der Waals surface area contributed by atoms with Gasteiger partial charge >= 0.3 is 20.2 Å². The summed E-state index contributed by atoms with van der Waals surface area (Å²) in [5.74, 6) is -2.16. The Hall–Kier alpha value is -2.72. The van der Waals surface area contributed by atoms with Gasteiger partial charge in [-0.1, -0.05) is 24.3 Å². The summed E-state index contributed by atoms with van der Waals surface area (Å²) in [6.07, 6.45) is -0.296. The van der Waals surface area contributed by atoms with Crippen LogP contribution in [0.3, 0.4) is 0 Å². The van der Waals surface area contributed by atoms with Crippen LogP contribution in [-0.4, -0.2) is 39.9 Å². The number of Topliss-reactive ketones (excluding diaryl/α,β-unsaturated/α-hetero) is 2. The molecule has 156 valence electrons. The first kappa shape index (κ1) is 22.6. The zero-order chi connectivity index (χ0) is 21.7. The summed E-state index contributed by atoms with van der Waals surface area (Å²) in [5, 5.41) is 0. The molecule has 0 saturated heterocycles. The topological polar surface area (TPSA) is 121 Å². The van der Waals surface area contributed by atoms with E-state index in [2.05, 4.69) is 0 Å². The summed E-state index contributed by atoms with van der Waals surface area (Å²) in [5.41, 5.74) is 0.209. The number of rotatable bonds is 10. The summed E-state index contributed by atoms with van der Waals surface area (Å²) >= 11 is 0. The highest BCUT2D eigenvalue weighted by Crippen LogP contribution is 2.22. The van der Waals surface area contributed by atoms with Crippen molar-refractivity contribution in [1.82, 2.24) is 0 Å². The van der Waals surface area contributed by atoms with E-state index in [0.29, 0.717) is 0 Å². The predicted octanol–water partition coefficient (Wildman–Crippen LogP) is 2.60. The van der Waals surface area contributed by atoms with Gasteiger partial charge in [-0.2, -0.15) is 16.8 Å². The van der Waals surface area contributed by atoms with Gasteiger partial charge < -0.3 is 8.37 Å². The minimum atomic E-state index is -4.13. The van der Waals surface area contributed by atoms with E-state index in [9.17, 15) is 26.4 Å². The minimum Gasteiger partial charge on any atom is -0.382 e. The Balaban J connectivity index is 2.01. The van der Waals surface area contributed by atoms with Crippen LogP contribution in [0.5, 0.6) is 11.5 Å². The molecule has 0 saturated carbocycles. The van der Waals surface area contributed by atoms with Gasteiger partial charge in [-0.15, -0.1) is 0 Å². The highest BCUT2D eigenvalue weighted by atomic mass is 32.2. The zero-order valence-electron chi connectivity index (χ0n) is 15.8. The quantitative estimate of drug-likeness (QED) is 0.408. The maximum atomic E-state index is 12.1. The van der Waals surface area contributed by atoms with Crippen LogP contribution in [0.25, 0.3) is 0 Å². The van der Waals surface area contributed by atoms with Gasteiger partial charge in [0.05, 0.1) is 22.6 Å². The fraction of sp³-hybridized carbons (Fsp3) is 0.263. The van der Waals surface area contributed by atoms with E-state index >= 15 is 0 Å². The van der Waals surface area contributed by atoms with Crippen molar-refractivity contribution in [2.75, 3.05) is 11.5 Å². The number of carbonyl (C=O) groups excluding carboxylic acids is 2. The van der Waals surface area contributed by atoms with Crippen LogP contribution in [0.1, 0.15) is 41.0 Å². The molecule has 0 N–H and O–H groups in total. The first-order valence-corrected chi connectivity index (χ1v) is 11.7. The van der Waals surface area contributed by atoms with E-state index in [1.807, 2.05) is 0 Å². The molecule has 8 nitrogen and oxygen atoms in total. The SMILES string of the molecule is CC(=O)c1ccccc1OS(=O)(=O)CCCS(=O)(=O)Oc1ccccc1C(C)=O. The van der Waals surface area contributed by atoms with Crippen molar-refractivity contribution in [2.24, 2.45) is 0 Å². The van der Waals surface area contributed by atoms with Crippen LogP contribution >= 0.6 is 0 Å². The number of para-hydroxylation sites is 2. The molecule has 29 heavy (non-hydrogen) atoms. The Labute approximate surface area is 169 Å². The second kappa shape index (κ2) is 9.19. The molecular weight excluding hydrogens is 420 g/mol. The molecule has 0 radical (unpaired) electrons. The fourth-order valence-corrected chi connectivity index (χ4v) is 4.61. The van der Waals surface area contributed by atoms with E-state index in [1.165, 1.54) is 50.2 Å². The molecule has 0 fully saturated rings. The summed E-state index contributed by atoms with van der Waals surface area (Å²) < 4.78 is 58.5. The fourth-order valence-electron chi connectivity index (χ4n) is 2.43. The molecule has 0 amide bonds. The summed E-state index contributed by atoms with van der Waals surface area (Å²) in [7, 11) is -8.27. The van der Waals surface area contributed by atoms with Gasteiger partial charge in [-0.25, -0.2) is 0 Å². The smallest absolute Gasteiger partial charge is 0.309 e. The molecule has 0 aliphatic rings. The van der Waals surface area contributed by atoms with Gasteiger partial charge in [-0.05, 0) is 44.5 Å². The lowest BCUT2D eigenvalue weighted by molar-refractivity contribution is 0.100. The average Bonchev–Trinajstić information content (AvgIpc) is 2.61. The highest BCUT2D eigenvalue weighted by Gasteiger charge is 2.21. The van der Waals surface area contributed by atoms with E-state index in [1.54, 1.807) is 12.1 Å². The first-order valence-electron chi connectivity index (χ1n) is 8.55. The normalized spacial score (nSPS) is 11.7. The molecule has 0 aliphatic heterocycles. The molecule has 10 heteroatoms. The second-order valence-electron chi connectivity index (χ2n) is 6.15. The van der Waals surface area contributed by atoms with Crippen molar-refractivity contribution < 1.29 is 34.8 Å². The molecule has 0 spiro atoms. The van der Waals surface area contributed by atoms with Crippen LogP contribution in [0.2, 0.25) is 0 Å². The third kappa shape index (κ3) is 6.68. The van der Waals surface area contributed by atoms with Gasteiger partial charge in [0.15, 0.2) is 23.1 Å². The number of benzene rings is 2. The molecule has 0 unspecified atom stereocenters. The maximum absolute atomic E-state index is 12.1. The third-order valence-electron chi connectivity index (χ3n) is 3.75. The molecular formula is C19H20O8S2. The predicted molar refractivity (Wildman–Crippen MR) is 106 cm³/mol. The standard InChI is InChI=1S/C19H20O8S2/c1-14(20)16-8-3-5-10-18(16)26-28(22,23)12-7-13-29(24,25)27-19-11-6-4-9-17(19)15(2)21/h3-6,8-11H,7,12-13H2,1-2H3. The van der Waals surface area contributed by atoms with Crippen molar-refractivity contribution in [3.8, 4) is 11.5 Å². The number of hydrogen-bond acceptors (Lipinski definition) is 8. The minimum absolute atomic E-state index is 0.105. The van der Waals surface area contributed by atoms with E-state index < -0.39 is 31.7 Å². The number of ketones is 2. The third-order valence-corrected chi connectivity index (χ3v) is 6.20. The van der Waals surface area contributed by atoms with Crippen molar-refractivity contribution in [2.45, 2.75) is 20.3 Å². The van der Waals surface area contributed by atoms with Crippen molar-refractivity contribution in [1.29, 1.82) is 0 Å². The average molecular weight is 440 g/mol. The highest BCUT2D eigenvalue weighted by molar-refractivity contribution is 7.88. The lowest BCUT2D eigenvalue weighted by Crippen LogP contribution is -2.20. The van der Waals surface area contributed by atoms with Crippen LogP contribution in [0.4, 0.5) is 0 Å². The van der Waals surface area contributed by atoms with E-state index in [-0.39, 0.29) is 40.6 Å². The summed E-state index contributed by atoms with van der Waals surface area (Å²) in [6, 6.07) is 11.7. The van der Waals surface area contributed by atoms with Gasteiger partial charge in [0, 0.05) is 0 Å². The Morgan fingerprint density at radius 2 is 1.03 bits per heavy atom. The zero-order valence-corrected chi connectivity index (χ0v) is 17.5. The first-order chi connectivity index (χ1) is 13.5. The van der Waals surface area contributed by atoms with Gasteiger partial charge in [-0.3, -0.25) is 9.59 Å². The Kier molecular flexibility index (Phi) is 7.15. The van der Waals surface area contributed by atoms with Crippen molar-refractivity contribution in [3.63, 3.8) is 0 Å². The monoisotopic (exact) mass is 440 g/mol. The molecule has 0 bridgehead atoms. The van der Waals surface area contributed by atoms with Gasteiger partial charge in [0.25, 0.3) is 0 Å². The lowest BCUT2D eigenvalue weighted by atomic mass is 10.1. The van der Waals surface area contributed by atoms with E-state index in [0.717, 1.165) is 0 Å². The van der Waals surface area contributed by atoms with Crippen LogP contribution in [-0.2, 0) is 20.2 Å². The summed E-state index contributed by atoms with van der Waals surface area (Å²) in [6.45, 7) is 2.55. The number of carbonyl (C=O) groups is 2. The van der Waals surface area contributed by atoms with Crippen LogP contribution in [0.15, 0.2) is 48.5 Å². The number of hydrogen-bond donors (Lipinski definition) is 0. The molecule has 2 rings (SSSR count). The van der Waals surface area contributed by atoms with Crippen molar-refractivity contribution in [3.05, 3.63) is 59.7 Å². The molecule has 0 heterocycles. The summed E-state index contributed by atoms with van der Waals surface area (Å²) in [4.78, 5) is 23.1. The van der Waals surface area contributed by atoms with Crippen molar-refractivity contribution >= 4 is 31.8 Å². The van der Waals surface area contributed by atoms with Crippen LogP contribution in [0, 0.1) is 0 Å². The van der Waals surface area contributed by atoms with E-state index in [4.69, 9.17) is 8.37 Å². The van der Waals surface area contributed by atoms with Gasteiger partial charge in [0.2, 0.25) is 0 Å². The Morgan fingerprint density at radius 3 is 1.38 bits per heavy atom. The molecule has 0 aromatic heterocycles. The largest absolute Gasteiger partial charge is 0.382 e. The Morgan fingerprint density at radius 1 is 0.690 bits per heavy atom. The lowest BCUT2D eigenvalue weighted by Gasteiger charge is -2.11. The maximum Gasteiger partial charge on any atom is 0.309 e. The molecule has 0 atom stereocenters. The van der Waals surface area contributed by atoms with Gasteiger partial charge in [0.1, 0.15) is 0 Å². The molecule has 2 aromatic rings.